The lowest BCUT2D eigenvalue weighted by Crippen LogP contribution is -2.46. The topological polar surface area (TPSA) is 50.3 Å². The minimum Gasteiger partial charge on any atom is -0.296 e. The molecule has 0 unspecified atom stereocenters. The molecule has 5 heteroatoms. The van der Waals surface area contributed by atoms with Crippen molar-refractivity contribution in [2.75, 3.05) is 18.8 Å². The SMILES string of the molecule is O=S1(=O)CCN(Cc2nccc3c2CCCC3)CCC12CCC2. The predicted molar refractivity (Wildman–Crippen MR) is 91.1 cm³/mol. The molecule has 3 aliphatic rings. The summed E-state index contributed by atoms with van der Waals surface area (Å²) in [6, 6.07) is 2.16. The van der Waals surface area contributed by atoms with Crippen LogP contribution in [0.2, 0.25) is 0 Å². The third kappa shape index (κ3) is 2.72. The van der Waals surface area contributed by atoms with Crippen LogP contribution < -0.4 is 0 Å². The lowest BCUT2D eigenvalue weighted by atomic mass is 9.81. The van der Waals surface area contributed by atoms with Crippen LogP contribution in [0.25, 0.3) is 0 Å². The molecular formula is C18H26N2O2S. The van der Waals surface area contributed by atoms with Gasteiger partial charge in [-0.15, -0.1) is 0 Å². The predicted octanol–water partition coefficient (Wildman–Crippen LogP) is 2.50. The van der Waals surface area contributed by atoms with E-state index in [-0.39, 0.29) is 4.75 Å². The van der Waals surface area contributed by atoms with Gasteiger partial charge < -0.3 is 0 Å². The standard InChI is InChI=1S/C18H26N2O2S/c21-23(22)13-12-20(11-9-18(23)7-3-8-18)14-17-16-5-2-1-4-15(16)6-10-19-17/h6,10H,1-5,7-9,11-14H2. The number of aryl methyl sites for hydroxylation is 1. The second-order valence-electron chi connectivity index (χ2n) is 7.48. The molecule has 1 aromatic heterocycles. The van der Waals surface area contributed by atoms with Crippen molar-refractivity contribution in [2.24, 2.45) is 0 Å². The van der Waals surface area contributed by atoms with Crippen molar-refractivity contribution in [2.45, 2.75) is 62.7 Å². The molecule has 1 aliphatic heterocycles. The Morgan fingerprint density at radius 3 is 2.70 bits per heavy atom. The summed E-state index contributed by atoms with van der Waals surface area (Å²) in [5.74, 6) is 0.321. The quantitative estimate of drug-likeness (QED) is 0.834. The zero-order valence-electron chi connectivity index (χ0n) is 13.8. The van der Waals surface area contributed by atoms with Crippen molar-refractivity contribution >= 4 is 9.84 Å². The number of aromatic nitrogens is 1. The molecule has 0 bridgehead atoms. The smallest absolute Gasteiger partial charge is 0.157 e. The van der Waals surface area contributed by atoms with Crippen molar-refractivity contribution in [1.29, 1.82) is 0 Å². The third-order valence-electron chi connectivity index (χ3n) is 6.22. The summed E-state index contributed by atoms with van der Waals surface area (Å²) in [4.78, 5) is 6.95. The van der Waals surface area contributed by atoms with Crippen molar-refractivity contribution in [3.05, 3.63) is 29.1 Å². The van der Waals surface area contributed by atoms with Crippen LogP contribution in [0.1, 0.15) is 55.3 Å². The van der Waals surface area contributed by atoms with Crippen LogP contribution in [0.4, 0.5) is 0 Å². The third-order valence-corrected chi connectivity index (χ3v) is 8.87. The molecule has 1 saturated carbocycles. The van der Waals surface area contributed by atoms with E-state index in [9.17, 15) is 8.42 Å². The molecule has 1 saturated heterocycles. The molecule has 0 atom stereocenters. The van der Waals surface area contributed by atoms with Gasteiger partial charge in [-0.2, -0.15) is 0 Å². The molecule has 23 heavy (non-hydrogen) atoms. The lowest BCUT2D eigenvalue weighted by Gasteiger charge is -2.40. The summed E-state index contributed by atoms with van der Waals surface area (Å²) in [7, 11) is -2.93. The maximum atomic E-state index is 12.6. The first-order valence-electron chi connectivity index (χ1n) is 9.00. The number of hydrogen-bond acceptors (Lipinski definition) is 4. The van der Waals surface area contributed by atoms with Gasteiger partial charge >= 0.3 is 0 Å². The fourth-order valence-electron chi connectivity index (χ4n) is 4.47. The average Bonchev–Trinajstić information content (AvgIpc) is 2.64. The highest BCUT2D eigenvalue weighted by molar-refractivity contribution is 7.92. The lowest BCUT2D eigenvalue weighted by molar-refractivity contribution is 0.240. The number of nitrogens with zero attached hydrogens (tertiary/aromatic N) is 2. The molecule has 126 valence electrons. The minimum absolute atomic E-state index is 0.321. The normalized spacial score (nSPS) is 26.3. The zero-order valence-corrected chi connectivity index (χ0v) is 14.6. The molecule has 2 fully saturated rings. The second-order valence-corrected chi connectivity index (χ2v) is 9.99. The molecule has 0 N–H and O–H groups in total. The largest absolute Gasteiger partial charge is 0.296 e. The van der Waals surface area contributed by atoms with Crippen molar-refractivity contribution in [1.82, 2.24) is 9.88 Å². The van der Waals surface area contributed by atoms with Gasteiger partial charge in [0.1, 0.15) is 0 Å². The number of fused-ring (bicyclic) bond motifs is 1. The molecule has 1 aromatic rings. The Morgan fingerprint density at radius 2 is 1.91 bits per heavy atom. The first-order valence-corrected chi connectivity index (χ1v) is 10.7. The van der Waals surface area contributed by atoms with Crippen LogP contribution in [0.15, 0.2) is 12.3 Å². The summed E-state index contributed by atoms with van der Waals surface area (Å²) >= 11 is 0. The highest BCUT2D eigenvalue weighted by Crippen LogP contribution is 2.44. The first-order chi connectivity index (χ1) is 11.1. The van der Waals surface area contributed by atoms with Gasteiger partial charge in [0.15, 0.2) is 9.84 Å². The van der Waals surface area contributed by atoms with E-state index in [1.807, 2.05) is 6.20 Å². The van der Waals surface area contributed by atoms with Crippen molar-refractivity contribution in [3.63, 3.8) is 0 Å². The molecule has 2 heterocycles. The molecule has 1 spiro atoms. The average molecular weight is 334 g/mol. The van der Waals surface area contributed by atoms with Gasteiger partial charge in [-0.3, -0.25) is 9.88 Å². The van der Waals surface area contributed by atoms with Crippen LogP contribution in [0.3, 0.4) is 0 Å². The van der Waals surface area contributed by atoms with Gasteiger partial charge in [0.05, 0.1) is 16.2 Å². The maximum absolute atomic E-state index is 12.6. The van der Waals surface area contributed by atoms with Gasteiger partial charge in [-0.05, 0) is 62.1 Å². The Balaban J connectivity index is 1.52. The van der Waals surface area contributed by atoms with Gasteiger partial charge in [0.25, 0.3) is 0 Å². The van der Waals surface area contributed by atoms with Crippen LogP contribution in [-0.4, -0.2) is 41.9 Å². The Bertz CT molecular complexity index is 695. The Labute approximate surface area is 139 Å². The molecule has 0 radical (unpaired) electrons. The van der Waals surface area contributed by atoms with Gasteiger partial charge in [-0.25, -0.2) is 8.42 Å². The summed E-state index contributed by atoms with van der Waals surface area (Å²) in [5.41, 5.74) is 4.08. The first kappa shape index (κ1) is 15.6. The maximum Gasteiger partial charge on any atom is 0.157 e. The number of rotatable bonds is 2. The van der Waals surface area contributed by atoms with Crippen molar-refractivity contribution in [3.8, 4) is 0 Å². The van der Waals surface area contributed by atoms with E-state index in [0.29, 0.717) is 12.3 Å². The van der Waals surface area contributed by atoms with Crippen molar-refractivity contribution < 1.29 is 8.42 Å². The molecule has 4 rings (SSSR count). The van der Waals surface area contributed by atoms with E-state index >= 15 is 0 Å². The van der Waals surface area contributed by atoms with Crippen LogP contribution in [0, 0.1) is 0 Å². The van der Waals surface area contributed by atoms with Crippen LogP contribution in [-0.2, 0) is 29.2 Å². The molecule has 0 amide bonds. The van der Waals surface area contributed by atoms with E-state index < -0.39 is 9.84 Å². The fraction of sp³-hybridized carbons (Fsp3) is 0.722. The molecule has 2 aliphatic carbocycles. The summed E-state index contributed by atoms with van der Waals surface area (Å²) in [6.07, 6.45) is 10.4. The van der Waals surface area contributed by atoms with E-state index in [4.69, 9.17) is 0 Å². The number of sulfone groups is 1. The van der Waals surface area contributed by atoms with E-state index in [2.05, 4.69) is 16.0 Å². The summed E-state index contributed by atoms with van der Waals surface area (Å²) in [5, 5.41) is 0. The fourth-order valence-corrected chi connectivity index (χ4v) is 6.72. The van der Waals surface area contributed by atoms with E-state index in [0.717, 1.165) is 45.2 Å². The number of hydrogen-bond donors (Lipinski definition) is 0. The van der Waals surface area contributed by atoms with Gasteiger partial charge in [-0.1, -0.05) is 6.42 Å². The van der Waals surface area contributed by atoms with Crippen LogP contribution in [0.5, 0.6) is 0 Å². The number of pyridine rings is 1. The van der Waals surface area contributed by atoms with E-state index in [1.54, 1.807) is 0 Å². The molecule has 0 aromatic carbocycles. The monoisotopic (exact) mass is 334 g/mol. The van der Waals surface area contributed by atoms with Gasteiger partial charge in [0, 0.05) is 25.8 Å². The van der Waals surface area contributed by atoms with Crippen LogP contribution >= 0.6 is 0 Å². The highest BCUT2D eigenvalue weighted by atomic mass is 32.2. The minimum atomic E-state index is -2.93. The van der Waals surface area contributed by atoms with E-state index in [1.165, 1.54) is 36.1 Å². The Hall–Kier alpha value is -0.940. The zero-order chi connectivity index (χ0) is 15.9. The Kier molecular flexibility index (Phi) is 3.96. The highest BCUT2D eigenvalue weighted by Gasteiger charge is 2.49. The summed E-state index contributed by atoms with van der Waals surface area (Å²) < 4.78 is 24.8. The second kappa shape index (κ2) is 5.85. The van der Waals surface area contributed by atoms with Gasteiger partial charge in [0.2, 0.25) is 0 Å². The Morgan fingerprint density at radius 1 is 1.09 bits per heavy atom. The molecule has 4 nitrogen and oxygen atoms in total. The molecular weight excluding hydrogens is 308 g/mol. The summed E-state index contributed by atoms with van der Waals surface area (Å²) in [6.45, 7) is 2.37.